The molecule has 0 radical (unpaired) electrons. The van der Waals surface area contributed by atoms with Crippen LogP contribution in [-0.2, 0) is 0 Å². The van der Waals surface area contributed by atoms with E-state index in [2.05, 4.69) is 4.90 Å². The lowest BCUT2D eigenvalue weighted by Crippen LogP contribution is -2.44. The average Bonchev–Trinajstić information content (AvgIpc) is 2.88. The molecule has 100 valence electrons. The second kappa shape index (κ2) is 4.08. The fourth-order valence-corrected chi connectivity index (χ4v) is 4.66. The van der Waals surface area contributed by atoms with E-state index in [1.54, 1.807) is 11.3 Å². The highest BCUT2D eigenvalue weighted by Gasteiger charge is 2.41. The summed E-state index contributed by atoms with van der Waals surface area (Å²) in [5.74, 6) is 0. The van der Waals surface area contributed by atoms with Gasteiger partial charge in [-0.3, -0.25) is 0 Å². The topological polar surface area (TPSA) is 62.4 Å². The van der Waals surface area contributed by atoms with Crippen LogP contribution in [0.4, 0.5) is 10.8 Å². The number of hydrogen-bond donors (Lipinski definition) is 2. The second-order valence-corrected chi connectivity index (χ2v) is 6.65. The maximum absolute atomic E-state index is 9.87. The molecule has 1 aromatic carbocycles. The average molecular weight is 275 g/mol. The number of benzene rings is 1. The smallest absolute Gasteiger partial charge is 0.186 e. The van der Waals surface area contributed by atoms with Crippen molar-refractivity contribution in [3.05, 3.63) is 18.2 Å². The van der Waals surface area contributed by atoms with E-state index in [1.165, 1.54) is 12.8 Å². The lowest BCUT2D eigenvalue weighted by molar-refractivity contribution is 0.126. The van der Waals surface area contributed by atoms with Gasteiger partial charge in [-0.15, -0.1) is 0 Å². The normalized spacial score (nSPS) is 30.2. The van der Waals surface area contributed by atoms with E-state index < -0.39 is 0 Å². The third-order valence-corrected chi connectivity index (χ3v) is 5.36. The highest BCUT2D eigenvalue weighted by Crippen LogP contribution is 2.42. The van der Waals surface area contributed by atoms with Gasteiger partial charge in [0, 0.05) is 17.8 Å². The maximum Gasteiger partial charge on any atom is 0.186 e. The number of nitrogen functional groups attached to an aromatic ring is 1. The van der Waals surface area contributed by atoms with E-state index in [4.69, 9.17) is 10.7 Å². The molecule has 0 amide bonds. The van der Waals surface area contributed by atoms with E-state index in [0.29, 0.717) is 12.1 Å². The molecule has 2 bridgehead atoms. The van der Waals surface area contributed by atoms with Crippen molar-refractivity contribution in [3.63, 3.8) is 0 Å². The molecule has 0 aliphatic carbocycles. The van der Waals surface area contributed by atoms with E-state index >= 15 is 0 Å². The third kappa shape index (κ3) is 1.80. The van der Waals surface area contributed by atoms with Crippen molar-refractivity contribution in [1.29, 1.82) is 0 Å². The number of anilines is 2. The summed E-state index contributed by atoms with van der Waals surface area (Å²) >= 11 is 1.72. The van der Waals surface area contributed by atoms with Gasteiger partial charge in [0.05, 0.1) is 16.3 Å². The zero-order valence-corrected chi connectivity index (χ0v) is 11.4. The molecule has 2 aliphatic heterocycles. The van der Waals surface area contributed by atoms with Gasteiger partial charge in [0.2, 0.25) is 0 Å². The molecule has 5 heteroatoms. The monoisotopic (exact) mass is 275 g/mol. The molecular weight excluding hydrogens is 258 g/mol. The van der Waals surface area contributed by atoms with Crippen LogP contribution in [0.25, 0.3) is 10.2 Å². The van der Waals surface area contributed by atoms with Crippen LogP contribution in [0, 0.1) is 0 Å². The highest BCUT2D eigenvalue weighted by atomic mass is 32.1. The Labute approximate surface area is 115 Å². The first-order valence-corrected chi connectivity index (χ1v) is 7.65. The van der Waals surface area contributed by atoms with Gasteiger partial charge < -0.3 is 15.7 Å². The molecule has 1 aromatic heterocycles. The Kier molecular flexibility index (Phi) is 2.47. The van der Waals surface area contributed by atoms with Crippen molar-refractivity contribution in [1.82, 2.24) is 4.98 Å². The summed E-state index contributed by atoms with van der Waals surface area (Å²) in [5, 5.41) is 11.0. The summed E-state index contributed by atoms with van der Waals surface area (Å²) in [6, 6.07) is 6.82. The Hall–Kier alpha value is -1.33. The third-order valence-electron chi connectivity index (χ3n) is 4.33. The lowest BCUT2D eigenvalue weighted by Gasteiger charge is -2.36. The van der Waals surface area contributed by atoms with Gasteiger partial charge in [-0.05, 0) is 43.9 Å². The van der Waals surface area contributed by atoms with Crippen LogP contribution in [0.5, 0.6) is 0 Å². The Morgan fingerprint density at radius 3 is 2.74 bits per heavy atom. The Morgan fingerprint density at radius 1 is 1.26 bits per heavy atom. The predicted molar refractivity (Wildman–Crippen MR) is 78.6 cm³/mol. The van der Waals surface area contributed by atoms with Gasteiger partial charge in [-0.2, -0.15) is 0 Å². The number of hydrogen-bond acceptors (Lipinski definition) is 5. The first kappa shape index (κ1) is 11.5. The standard InChI is InChI=1S/C14H17N3OS/c15-8-1-4-12-13(5-8)19-14(16-12)17-9-2-3-10(17)7-11(18)6-9/h1,4-5,9-11,18H,2-3,6-7,15H2. The van der Waals surface area contributed by atoms with Crippen molar-refractivity contribution in [2.45, 2.75) is 43.9 Å². The van der Waals surface area contributed by atoms with Crippen LogP contribution >= 0.6 is 11.3 Å². The first-order chi connectivity index (χ1) is 9.20. The van der Waals surface area contributed by atoms with E-state index in [1.807, 2.05) is 18.2 Å². The Bertz CT molecular complexity index is 612. The molecule has 2 aromatic rings. The number of piperidine rings is 1. The number of rotatable bonds is 1. The number of aliphatic hydroxyl groups excluding tert-OH is 1. The molecule has 0 saturated carbocycles. The van der Waals surface area contributed by atoms with Crippen molar-refractivity contribution >= 4 is 32.4 Å². The molecule has 2 saturated heterocycles. The molecule has 0 spiro atoms. The summed E-state index contributed by atoms with van der Waals surface area (Å²) < 4.78 is 1.15. The Morgan fingerprint density at radius 2 is 2.00 bits per heavy atom. The molecule has 3 heterocycles. The van der Waals surface area contributed by atoms with Crippen molar-refractivity contribution in [3.8, 4) is 0 Å². The number of fused-ring (bicyclic) bond motifs is 3. The minimum absolute atomic E-state index is 0.126. The van der Waals surface area contributed by atoms with E-state index in [-0.39, 0.29) is 6.10 Å². The molecular formula is C14H17N3OS. The molecule has 2 fully saturated rings. The number of aromatic nitrogens is 1. The zero-order chi connectivity index (χ0) is 13.0. The number of aliphatic hydroxyl groups is 1. The fraction of sp³-hybridized carbons (Fsp3) is 0.500. The summed E-state index contributed by atoms with van der Waals surface area (Å²) in [7, 11) is 0. The Balaban J connectivity index is 1.74. The summed E-state index contributed by atoms with van der Waals surface area (Å²) in [6.45, 7) is 0. The summed E-state index contributed by atoms with van der Waals surface area (Å²) in [6.07, 6.45) is 4.00. The van der Waals surface area contributed by atoms with Crippen molar-refractivity contribution in [2.24, 2.45) is 0 Å². The van der Waals surface area contributed by atoms with E-state index in [0.717, 1.165) is 33.9 Å². The largest absolute Gasteiger partial charge is 0.399 e. The number of nitrogens with zero attached hydrogens (tertiary/aromatic N) is 2. The minimum atomic E-state index is -0.126. The van der Waals surface area contributed by atoms with Gasteiger partial charge in [0.25, 0.3) is 0 Å². The van der Waals surface area contributed by atoms with Crippen LogP contribution in [0.3, 0.4) is 0 Å². The molecule has 2 atom stereocenters. The van der Waals surface area contributed by atoms with Crippen LogP contribution in [0.15, 0.2) is 18.2 Å². The highest BCUT2D eigenvalue weighted by molar-refractivity contribution is 7.22. The number of nitrogens with two attached hydrogens (primary N) is 1. The van der Waals surface area contributed by atoms with Gasteiger partial charge in [-0.25, -0.2) is 4.98 Å². The second-order valence-electron chi connectivity index (χ2n) is 5.64. The maximum atomic E-state index is 9.87. The van der Waals surface area contributed by atoms with Gasteiger partial charge >= 0.3 is 0 Å². The summed E-state index contributed by atoms with van der Waals surface area (Å²) in [4.78, 5) is 7.19. The molecule has 3 N–H and O–H groups in total. The van der Waals surface area contributed by atoms with E-state index in [9.17, 15) is 5.11 Å². The first-order valence-electron chi connectivity index (χ1n) is 6.83. The molecule has 2 aliphatic rings. The van der Waals surface area contributed by atoms with Gasteiger partial charge in [0.15, 0.2) is 5.13 Å². The van der Waals surface area contributed by atoms with Crippen molar-refractivity contribution in [2.75, 3.05) is 10.6 Å². The van der Waals surface area contributed by atoms with Crippen LogP contribution < -0.4 is 10.6 Å². The van der Waals surface area contributed by atoms with Crippen LogP contribution in [0.1, 0.15) is 25.7 Å². The molecule has 19 heavy (non-hydrogen) atoms. The quantitative estimate of drug-likeness (QED) is 0.784. The zero-order valence-electron chi connectivity index (χ0n) is 10.6. The van der Waals surface area contributed by atoms with Crippen molar-refractivity contribution < 1.29 is 5.11 Å². The van der Waals surface area contributed by atoms with Gasteiger partial charge in [-0.1, -0.05) is 11.3 Å². The molecule has 4 nitrogen and oxygen atoms in total. The van der Waals surface area contributed by atoms with Gasteiger partial charge in [0.1, 0.15) is 0 Å². The number of thiazole rings is 1. The lowest BCUT2D eigenvalue weighted by atomic mass is 10.0. The predicted octanol–water partition coefficient (Wildman–Crippen LogP) is 2.37. The summed E-state index contributed by atoms with van der Waals surface area (Å²) in [5.41, 5.74) is 7.65. The fourth-order valence-electron chi connectivity index (χ4n) is 3.50. The van der Waals surface area contributed by atoms with Crippen LogP contribution in [0.2, 0.25) is 0 Å². The minimum Gasteiger partial charge on any atom is -0.399 e. The molecule has 4 rings (SSSR count). The SMILES string of the molecule is Nc1ccc2nc(N3C4CCC3CC(O)C4)sc2c1. The molecule has 2 unspecified atom stereocenters. The van der Waals surface area contributed by atoms with Crippen LogP contribution in [-0.4, -0.2) is 28.3 Å².